The van der Waals surface area contributed by atoms with Crippen molar-refractivity contribution in [3.63, 3.8) is 0 Å². The lowest BCUT2D eigenvalue weighted by molar-refractivity contribution is 0.0975. The van der Waals surface area contributed by atoms with E-state index in [4.69, 9.17) is 33.0 Å². The average Bonchev–Trinajstić information content (AvgIpc) is 3.28. The summed E-state index contributed by atoms with van der Waals surface area (Å²) < 4.78 is 12.1. The summed E-state index contributed by atoms with van der Waals surface area (Å²) in [6.45, 7) is 1.94. The van der Waals surface area contributed by atoms with Crippen molar-refractivity contribution in [1.82, 2.24) is 10.3 Å². The maximum absolute atomic E-state index is 13.1. The number of nitrogens with one attached hydrogen (secondary N) is 2. The van der Waals surface area contributed by atoms with Gasteiger partial charge in [0, 0.05) is 16.3 Å². The number of anilines is 1. The molecular weight excluding hydrogens is 562 g/mol. The highest BCUT2D eigenvalue weighted by molar-refractivity contribution is 9.10. The highest BCUT2D eigenvalue weighted by Crippen LogP contribution is 2.36. The standard InChI is InChI=1S/C27H19BrClN3O3S/c1-14-7-8-16(26-30-21-13-17(29)9-10-22(21)35-26)12-20(14)31-27(36)32-25(33)19-11-15-5-3-4-6-18(15)23(28)24(19)34-2/h3-13H,1-2H3,(H2,31,32,33,36). The Morgan fingerprint density at radius 3 is 2.72 bits per heavy atom. The Bertz CT molecular complexity index is 1670. The molecule has 0 aliphatic heterocycles. The molecule has 0 saturated carbocycles. The number of amides is 1. The number of carbonyl (C=O) groups is 1. The minimum atomic E-state index is -0.388. The molecule has 0 aliphatic rings. The number of halogens is 2. The fraction of sp³-hybridized carbons (Fsp3) is 0.0741. The van der Waals surface area contributed by atoms with Crippen molar-refractivity contribution < 1.29 is 13.9 Å². The first-order chi connectivity index (χ1) is 17.3. The average molecular weight is 581 g/mol. The third kappa shape index (κ3) is 4.67. The summed E-state index contributed by atoms with van der Waals surface area (Å²) in [4.78, 5) is 17.7. The van der Waals surface area contributed by atoms with Crippen LogP contribution < -0.4 is 15.4 Å². The van der Waals surface area contributed by atoms with Crippen molar-refractivity contribution in [2.24, 2.45) is 0 Å². The fourth-order valence-corrected chi connectivity index (χ4v) is 5.00. The zero-order valence-corrected chi connectivity index (χ0v) is 22.3. The van der Waals surface area contributed by atoms with Gasteiger partial charge < -0.3 is 14.5 Å². The summed E-state index contributed by atoms with van der Waals surface area (Å²) in [7, 11) is 1.52. The molecular formula is C27H19BrClN3O3S. The molecule has 0 saturated heterocycles. The van der Waals surface area contributed by atoms with E-state index in [1.54, 1.807) is 24.3 Å². The van der Waals surface area contributed by atoms with Crippen LogP contribution in [-0.2, 0) is 0 Å². The van der Waals surface area contributed by atoms with Crippen molar-refractivity contribution in [1.29, 1.82) is 0 Å². The molecule has 0 bridgehead atoms. The van der Waals surface area contributed by atoms with Gasteiger partial charge in [0.15, 0.2) is 10.7 Å². The monoisotopic (exact) mass is 579 g/mol. The van der Waals surface area contributed by atoms with Gasteiger partial charge in [0.25, 0.3) is 5.91 Å². The van der Waals surface area contributed by atoms with Gasteiger partial charge in [-0.15, -0.1) is 0 Å². The van der Waals surface area contributed by atoms with Gasteiger partial charge in [0.05, 0.1) is 17.1 Å². The van der Waals surface area contributed by atoms with Crippen LogP contribution in [0.2, 0.25) is 5.02 Å². The number of fused-ring (bicyclic) bond motifs is 2. The van der Waals surface area contributed by atoms with E-state index in [-0.39, 0.29) is 11.0 Å². The predicted molar refractivity (Wildman–Crippen MR) is 151 cm³/mol. The van der Waals surface area contributed by atoms with Crippen LogP contribution in [0.3, 0.4) is 0 Å². The highest BCUT2D eigenvalue weighted by atomic mass is 79.9. The zero-order valence-electron chi connectivity index (χ0n) is 19.2. The molecule has 180 valence electrons. The number of methoxy groups -OCH3 is 1. The fourth-order valence-electron chi connectivity index (χ4n) is 3.89. The first kappa shape index (κ1) is 24.2. The predicted octanol–water partition coefficient (Wildman–Crippen LogP) is 7.51. The van der Waals surface area contributed by atoms with E-state index in [9.17, 15) is 4.79 Å². The second-order valence-electron chi connectivity index (χ2n) is 8.06. The number of rotatable bonds is 4. The van der Waals surface area contributed by atoms with Crippen molar-refractivity contribution in [2.45, 2.75) is 6.92 Å². The van der Waals surface area contributed by atoms with Crippen LogP contribution in [0.25, 0.3) is 33.3 Å². The van der Waals surface area contributed by atoms with Crippen LogP contribution in [0.15, 0.2) is 75.6 Å². The Morgan fingerprint density at radius 1 is 1.11 bits per heavy atom. The first-order valence-corrected chi connectivity index (χ1v) is 12.5. The minimum absolute atomic E-state index is 0.149. The number of nitrogens with zero attached hydrogens (tertiary/aromatic N) is 1. The quantitative estimate of drug-likeness (QED) is 0.214. The second-order valence-corrected chi connectivity index (χ2v) is 9.70. The maximum Gasteiger partial charge on any atom is 0.261 e. The summed E-state index contributed by atoms with van der Waals surface area (Å²) in [6.07, 6.45) is 0. The number of carbonyl (C=O) groups excluding carboxylic acids is 1. The summed E-state index contributed by atoms with van der Waals surface area (Å²) >= 11 is 15.1. The summed E-state index contributed by atoms with van der Waals surface area (Å²) in [5.74, 6) is 0.500. The summed E-state index contributed by atoms with van der Waals surface area (Å²) in [5.41, 5.74) is 4.08. The number of hydrogen-bond acceptors (Lipinski definition) is 5. The first-order valence-electron chi connectivity index (χ1n) is 10.9. The van der Waals surface area contributed by atoms with E-state index in [0.29, 0.717) is 43.5 Å². The molecule has 0 fully saturated rings. The van der Waals surface area contributed by atoms with Gasteiger partial charge in [0.2, 0.25) is 5.89 Å². The van der Waals surface area contributed by atoms with E-state index >= 15 is 0 Å². The molecule has 2 N–H and O–H groups in total. The zero-order chi connectivity index (χ0) is 25.4. The van der Waals surface area contributed by atoms with Crippen molar-refractivity contribution >= 4 is 78.3 Å². The van der Waals surface area contributed by atoms with Crippen LogP contribution in [0.1, 0.15) is 15.9 Å². The van der Waals surface area contributed by atoms with Crippen LogP contribution in [0.5, 0.6) is 5.75 Å². The Balaban J connectivity index is 1.39. The minimum Gasteiger partial charge on any atom is -0.495 e. The number of aromatic nitrogens is 1. The van der Waals surface area contributed by atoms with Crippen LogP contribution in [-0.4, -0.2) is 23.1 Å². The lowest BCUT2D eigenvalue weighted by atomic mass is 10.1. The van der Waals surface area contributed by atoms with Crippen molar-refractivity contribution in [3.8, 4) is 17.2 Å². The van der Waals surface area contributed by atoms with Gasteiger partial charge in [-0.3, -0.25) is 10.1 Å². The normalized spacial score (nSPS) is 11.0. The molecule has 5 aromatic rings. The lowest BCUT2D eigenvalue weighted by Crippen LogP contribution is -2.34. The second kappa shape index (κ2) is 9.89. The molecule has 1 heterocycles. The number of ether oxygens (including phenoxy) is 1. The molecule has 0 radical (unpaired) electrons. The van der Waals surface area contributed by atoms with Crippen LogP contribution in [0.4, 0.5) is 5.69 Å². The third-order valence-electron chi connectivity index (χ3n) is 5.70. The molecule has 0 atom stereocenters. The van der Waals surface area contributed by atoms with E-state index in [1.165, 1.54) is 7.11 Å². The molecule has 0 unspecified atom stereocenters. The number of benzene rings is 4. The molecule has 5 rings (SSSR count). The van der Waals surface area contributed by atoms with Gasteiger partial charge in [0.1, 0.15) is 11.3 Å². The Kier molecular flexibility index (Phi) is 6.66. The van der Waals surface area contributed by atoms with Crippen LogP contribution in [0, 0.1) is 6.92 Å². The molecule has 0 spiro atoms. The largest absolute Gasteiger partial charge is 0.495 e. The van der Waals surface area contributed by atoms with Crippen molar-refractivity contribution in [2.75, 3.05) is 12.4 Å². The van der Waals surface area contributed by atoms with E-state index in [2.05, 4.69) is 31.5 Å². The van der Waals surface area contributed by atoms with Gasteiger partial charge in [-0.05, 0) is 87.8 Å². The molecule has 6 nitrogen and oxygen atoms in total. The van der Waals surface area contributed by atoms with Gasteiger partial charge >= 0.3 is 0 Å². The third-order valence-corrected chi connectivity index (χ3v) is 6.93. The van der Waals surface area contributed by atoms with Crippen LogP contribution >= 0.6 is 39.7 Å². The Hall–Kier alpha value is -3.46. The molecule has 9 heteroatoms. The summed E-state index contributed by atoms with van der Waals surface area (Å²) in [5, 5.41) is 8.44. The number of aryl methyl sites for hydroxylation is 1. The number of hydrogen-bond donors (Lipinski definition) is 2. The van der Waals surface area contributed by atoms with E-state index < -0.39 is 0 Å². The maximum atomic E-state index is 13.1. The van der Waals surface area contributed by atoms with Gasteiger partial charge in [-0.2, -0.15) is 0 Å². The molecule has 4 aromatic carbocycles. The van der Waals surface area contributed by atoms with Gasteiger partial charge in [-0.25, -0.2) is 4.98 Å². The SMILES string of the molecule is COc1c(C(=O)NC(=S)Nc2cc(-c3nc4cc(Cl)ccc4o3)ccc2C)cc2ccccc2c1Br. The lowest BCUT2D eigenvalue weighted by Gasteiger charge is -2.15. The van der Waals surface area contributed by atoms with Gasteiger partial charge in [-0.1, -0.05) is 41.9 Å². The number of oxazole rings is 1. The Morgan fingerprint density at radius 2 is 1.92 bits per heavy atom. The number of thiocarbonyl (C=S) groups is 1. The molecule has 1 amide bonds. The molecule has 36 heavy (non-hydrogen) atoms. The smallest absolute Gasteiger partial charge is 0.261 e. The Labute approximate surface area is 225 Å². The topological polar surface area (TPSA) is 76.4 Å². The highest BCUT2D eigenvalue weighted by Gasteiger charge is 2.19. The molecule has 1 aromatic heterocycles. The summed E-state index contributed by atoms with van der Waals surface area (Å²) in [6, 6.07) is 20.5. The van der Waals surface area contributed by atoms with E-state index in [0.717, 1.165) is 21.9 Å². The van der Waals surface area contributed by atoms with E-state index in [1.807, 2.05) is 49.4 Å². The van der Waals surface area contributed by atoms with Crippen molar-refractivity contribution in [3.05, 3.63) is 87.4 Å². The molecule has 0 aliphatic carbocycles.